The largest absolute Gasteiger partial charge is 0.349 e. The summed E-state index contributed by atoms with van der Waals surface area (Å²) in [6.45, 7) is 3.47. The number of aromatic amines is 1. The number of carbonyl (C=O) groups excluding carboxylic acids is 1. The molecule has 8 heteroatoms. The Hall–Kier alpha value is -3.29. The lowest BCUT2D eigenvalue weighted by Crippen LogP contribution is -2.34. The van der Waals surface area contributed by atoms with Crippen molar-refractivity contribution in [2.45, 2.75) is 45.6 Å². The van der Waals surface area contributed by atoms with E-state index in [4.69, 9.17) is 0 Å². The summed E-state index contributed by atoms with van der Waals surface area (Å²) in [6, 6.07) is 5.58. The second-order valence-electron chi connectivity index (χ2n) is 7.05. The van der Waals surface area contributed by atoms with Crippen LogP contribution in [0.2, 0.25) is 0 Å². The highest BCUT2D eigenvalue weighted by atomic mass is 16.2. The van der Waals surface area contributed by atoms with E-state index in [0.29, 0.717) is 17.1 Å². The number of carbonyl (C=O) groups is 1. The SMILES string of the molecule is Cc1nc(C)c(CC(=O)NC2CCCc3c2cnn3-c2ccccn2)c(=O)[nH]1. The number of hydrogen-bond acceptors (Lipinski definition) is 5. The predicted molar refractivity (Wildman–Crippen MR) is 103 cm³/mol. The normalized spacial score (nSPS) is 15.9. The fraction of sp³-hybridized carbons (Fsp3) is 0.350. The van der Waals surface area contributed by atoms with Gasteiger partial charge in [0.05, 0.1) is 24.4 Å². The Morgan fingerprint density at radius 2 is 2.21 bits per heavy atom. The smallest absolute Gasteiger partial charge is 0.254 e. The third kappa shape index (κ3) is 3.45. The van der Waals surface area contributed by atoms with E-state index >= 15 is 0 Å². The molecule has 1 unspecified atom stereocenters. The fourth-order valence-electron chi connectivity index (χ4n) is 3.75. The van der Waals surface area contributed by atoms with E-state index in [2.05, 4.69) is 25.4 Å². The number of nitrogens with one attached hydrogen (secondary N) is 2. The molecule has 0 saturated heterocycles. The van der Waals surface area contributed by atoms with Crippen LogP contribution in [0.3, 0.4) is 0 Å². The molecular formula is C20H22N6O2. The monoisotopic (exact) mass is 378 g/mol. The van der Waals surface area contributed by atoms with E-state index in [-0.39, 0.29) is 23.9 Å². The summed E-state index contributed by atoms with van der Waals surface area (Å²) >= 11 is 0. The van der Waals surface area contributed by atoms with Crippen LogP contribution in [0.5, 0.6) is 0 Å². The minimum atomic E-state index is -0.257. The van der Waals surface area contributed by atoms with Gasteiger partial charge in [0.25, 0.3) is 5.56 Å². The van der Waals surface area contributed by atoms with Gasteiger partial charge in [0, 0.05) is 23.0 Å². The second-order valence-corrected chi connectivity index (χ2v) is 7.05. The van der Waals surface area contributed by atoms with E-state index < -0.39 is 0 Å². The molecule has 1 atom stereocenters. The van der Waals surface area contributed by atoms with Crippen molar-refractivity contribution in [1.82, 2.24) is 30.0 Å². The van der Waals surface area contributed by atoms with Crippen LogP contribution < -0.4 is 10.9 Å². The van der Waals surface area contributed by atoms with Crippen LogP contribution in [-0.4, -0.2) is 30.6 Å². The van der Waals surface area contributed by atoms with Crippen molar-refractivity contribution >= 4 is 5.91 Å². The van der Waals surface area contributed by atoms with Gasteiger partial charge >= 0.3 is 0 Å². The number of aromatic nitrogens is 5. The molecular weight excluding hydrogens is 356 g/mol. The Labute approximate surface area is 162 Å². The van der Waals surface area contributed by atoms with Crippen molar-refractivity contribution < 1.29 is 4.79 Å². The average molecular weight is 378 g/mol. The third-order valence-electron chi connectivity index (χ3n) is 5.06. The molecule has 0 aromatic carbocycles. The number of rotatable bonds is 4. The zero-order valence-electron chi connectivity index (χ0n) is 15.9. The van der Waals surface area contributed by atoms with Gasteiger partial charge in [-0.15, -0.1) is 0 Å². The molecule has 0 saturated carbocycles. The van der Waals surface area contributed by atoms with Crippen LogP contribution in [0.25, 0.3) is 5.82 Å². The predicted octanol–water partition coefficient (Wildman–Crippen LogP) is 1.70. The van der Waals surface area contributed by atoms with Crippen molar-refractivity contribution in [3.05, 3.63) is 69.3 Å². The molecule has 4 rings (SSSR count). The van der Waals surface area contributed by atoms with Crippen LogP contribution in [0, 0.1) is 13.8 Å². The summed E-state index contributed by atoms with van der Waals surface area (Å²) in [5, 5.41) is 7.55. The number of aryl methyl sites for hydroxylation is 2. The molecule has 0 spiro atoms. The summed E-state index contributed by atoms with van der Waals surface area (Å²) in [5.41, 5.74) is 2.82. The van der Waals surface area contributed by atoms with E-state index in [0.717, 1.165) is 36.3 Å². The molecule has 3 heterocycles. The molecule has 0 fully saturated rings. The first-order valence-corrected chi connectivity index (χ1v) is 9.37. The number of fused-ring (bicyclic) bond motifs is 1. The summed E-state index contributed by atoms with van der Waals surface area (Å²) in [4.78, 5) is 36.1. The maximum absolute atomic E-state index is 12.6. The summed E-state index contributed by atoms with van der Waals surface area (Å²) in [5.74, 6) is 1.12. The first-order chi connectivity index (χ1) is 13.5. The number of H-pyrrole nitrogens is 1. The van der Waals surface area contributed by atoms with Crippen molar-refractivity contribution in [2.24, 2.45) is 0 Å². The highest BCUT2D eigenvalue weighted by molar-refractivity contribution is 5.79. The highest BCUT2D eigenvalue weighted by Crippen LogP contribution is 2.30. The van der Waals surface area contributed by atoms with Crippen LogP contribution in [0.4, 0.5) is 0 Å². The maximum atomic E-state index is 12.6. The van der Waals surface area contributed by atoms with Gasteiger partial charge in [0.1, 0.15) is 5.82 Å². The molecule has 0 bridgehead atoms. The number of amides is 1. The molecule has 2 N–H and O–H groups in total. The molecule has 3 aromatic heterocycles. The Morgan fingerprint density at radius 1 is 1.36 bits per heavy atom. The van der Waals surface area contributed by atoms with Crippen molar-refractivity contribution in [3.8, 4) is 5.82 Å². The van der Waals surface area contributed by atoms with Gasteiger partial charge in [0.15, 0.2) is 5.82 Å². The van der Waals surface area contributed by atoms with E-state index in [1.807, 2.05) is 22.9 Å². The zero-order valence-corrected chi connectivity index (χ0v) is 15.9. The van der Waals surface area contributed by atoms with E-state index in [1.165, 1.54) is 0 Å². The zero-order chi connectivity index (χ0) is 19.7. The standard InChI is InChI=1S/C20H22N6O2/c1-12-14(20(28)24-13(2)23-12)10-19(27)25-16-6-5-7-17-15(16)11-22-26(17)18-8-3-4-9-21-18/h3-4,8-9,11,16H,5-7,10H2,1-2H3,(H,25,27)(H,23,24,28). The molecule has 3 aromatic rings. The molecule has 1 aliphatic rings. The molecule has 1 amide bonds. The highest BCUT2D eigenvalue weighted by Gasteiger charge is 2.26. The number of pyridine rings is 1. The van der Waals surface area contributed by atoms with Crippen LogP contribution in [0.1, 0.15) is 47.2 Å². The minimum absolute atomic E-state index is 0.00859. The summed E-state index contributed by atoms with van der Waals surface area (Å²) in [7, 11) is 0. The Kier molecular flexibility index (Phi) is 4.77. The van der Waals surface area contributed by atoms with Crippen molar-refractivity contribution in [3.63, 3.8) is 0 Å². The molecule has 144 valence electrons. The quantitative estimate of drug-likeness (QED) is 0.719. The van der Waals surface area contributed by atoms with E-state index in [9.17, 15) is 9.59 Å². The van der Waals surface area contributed by atoms with E-state index in [1.54, 1.807) is 26.2 Å². The van der Waals surface area contributed by atoms with Gasteiger partial charge in [-0.2, -0.15) is 5.10 Å². The first-order valence-electron chi connectivity index (χ1n) is 9.37. The minimum Gasteiger partial charge on any atom is -0.349 e. The average Bonchev–Trinajstić information content (AvgIpc) is 3.10. The number of nitrogens with zero attached hydrogens (tertiary/aromatic N) is 4. The fourth-order valence-corrected chi connectivity index (χ4v) is 3.75. The third-order valence-corrected chi connectivity index (χ3v) is 5.06. The van der Waals surface area contributed by atoms with Crippen LogP contribution >= 0.6 is 0 Å². The van der Waals surface area contributed by atoms with Gasteiger partial charge in [-0.3, -0.25) is 9.59 Å². The van der Waals surface area contributed by atoms with Gasteiger partial charge in [-0.1, -0.05) is 6.07 Å². The van der Waals surface area contributed by atoms with Crippen molar-refractivity contribution in [2.75, 3.05) is 0 Å². The Bertz CT molecular complexity index is 1070. The lowest BCUT2D eigenvalue weighted by molar-refractivity contribution is -0.121. The first kappa shape index (κ1) is 18.1. The lowest BCUT2D eigenvalue weighted by Gasteiger charge is -2.24. The molecule has 0 aliphatic heterocycles. The van der Waals surface area contributed by atoms with Gasteiger partial charge in [-0.25, -0.2) is 14.6 Å². The molecule has 28 heavy (non-hydrogen) atoms. The number of hydrogen-bond donors (Lipinski definition) is 2. The van der Waals surface area contributed by atoms with Gasteiger partial charge in [0.2, 0.25) is 5.91 Å². The maximum Gasteiger partial charge on any atom is 0.254 e. The topological polar surface area (TPSA) is 106 Å². The van der Waals surface area contributed by atoms with Crippen LogP contribution in [-0.2, 0) is 17.6 Å². The Balaban J connectivity index is 1.54. The Morgan fingerprint density at radius 3 is 2.96 bits per heavy atom. The molecule has 1 aliphatic carbocycles. The van der Waals surface area contributed by atoms with Gasteiger partial charge < -0.3 is 10.3 Å². The summed E-state index contributed by atoms with van der Waals surface area (Å²) < 4.78 is 1.84. The second kappa shape index (κ2) is 7.38. The lowest BCUT2D eigenvalue weighted by atomic mass is 9.92. The van der Waals surface area contributed by atoms with Crippen LogP contribution in [0.15, 0.2) is 35.4 Å². The molecule has 0 radical (unpaired) electrons. The summed E-state index contributed by atoms with van der Waals surface area (Å²) in [6.07, 6.45) is 6.23. The molecule has 8 nitrogen and oxygen atoms in total. The van der Waals surface area contributed by atoms with Crippen molar-refractivity contribution in [1.29, 1.82) is 0 Å². The van der Waals surface area contributed by atoms with Gasteiger partial charge in [-0.05, 0) is 45.2 Å².